The van der Waals surface area contributed by atoms with Gasteiger partial charge in [0.25, 0.3) is 0 Å². The number of carbonyl (C=O) groups is 1. The molecule has 4 aromatic carbocycles. The molecule has 0 radical (unpaired) electrons. The van der Waals surface area contributed by atoms with Crippen LogP contribution >= 0.6 is 11.8 Å². The number of hydrogen-bond acceptors (Lipinski definition) is 6. The fraction of sp³-hybridized carbons (Fsp3) is 0.219. The van der Waals surface area contributed by atoms with E-state index in [1.807, 2.05) is 91.0 Å². The predicted molar refractivity (Wildman–Crippen MR) is 155 cm³/mol. The van der Waals surface area contributed by atoms with Crippen molar-refractivity contribution >= 4 is 29.0 Å². The maximum Gasteiger partial charge on any atom is 0.221 e. The first kappa shape index (κ1) is 27.0. The molecule has 4 atom stereocenters. The number of hydrogen-bond donors (Lipinski definition) is 3. The molecule has 6 nitrogen and oxygen atoms in total. The second kappa shape index (κ2) is 12.5. The molecule has 1 saturated heterocycles. The van der Waals surface area contributed by atoms with Crippen LogP contribution in [0.4, 0.5) is 11.4 Å². The Morgan fingerprint density at radius 2 is 1.59 bits per heavy atom. The van der Waals surface area contributed by atoms with Crippen LogP contribution in [0.15, 0.2) is 108 Å². The Hall–Kier alpha value is -3.62. The minimum atomic E-state index is -0.594. The zero-order chi connectivity index (χ0) is 27.2. The summed E-state index contributed by atoms with van der Waals surface area (Å²) in [6.07, 6.45) is -1.06. The zero-order valence-electron chi connectivity index (χ0n) is 21.7. The van der Waals surface area contributed by atoms with E-state index < -0.39 is 6.29 Å². The number of ether oxygens (including phenoxy) is 2. The highest BCUT2D eigenvalue weighted by molar-refractivity contribution is 7.99. The highest BCUT2D eigenvalue weighted by Crippen LogP contribution is 2.48. The molecule has 1 fully saturated rings. The van der Waals surface area contributed by atoms with Gasteiger partial charge < -0.3 is 25.6 Å². The van der Waals surface area contributed by atoms with Crippen molar-refractivity contribution in [2.24, 2.45) is 0 Å². The smallest absolute Gasteiger partial charge is 0.221 e. The number of amides is 1. The Morgan fingerprint density at radius 3 is 2.26 bits per heavy atom. The van der Waals surface area contributed by atoms with Crippen molar-refractivity contribution in [2.75, 3.05) is 16.8 Å². The van der Waals surface area contributed by atoms with Crippen LogP contribution in [-0.2, 0) is 20.9 Å². The van der Waals surface area contributed by atoms with Crippen LogP contribution in [0.3, 0.4) is 0 Å². The molecular weight excluding hydrogens is 508 g/mol. The molecule has 4 aromatic rings. The van der Waals surface area contributed by atoms with E-state index in [1.165, 1.54) is 6.92 Å². The predicted octanol–water partition coefficient (Wildman–Crippen LogP) is 6.45. The van der Waals surface area contributed by atoms with Gasteiger partial charge in [0.1, 0.15) is 0 Å². The van der Waals surface area contributed by atoms with E-state index in [0.29, 0.717) is 11.4 Å². The Morgan fingerprint density at radius 1 is 0.872 bits per heavy atom. The number of nitrogens with one attached hydrogen (secondary N) is 1. The van der Waals surface area contributed by atoms with E-state index in [-0.39, 0.29) is 30.6 Å². The van der Waals surface area contributed by atoms with Crippen LogP contribution in [0.2, 0.25) is 0 Å². The van der Waals surface area contributed by atoms with Crippen molar-refractivity contribution < 1.29 is 19.4 Å². The summed E-state index contributed by atoms with van der Waals surface area (Å²) in [6.45, 7) is 1.49. The SMILES string of the molecule is CC(=O)Nc1ccc(SCC2OC(c3cccc(N)c3)OC(c3ccc(CO)cc3)C2c2ccccc2)cc1. The average Bonchev–Trinajstić information content (AvgIpc) is 2.96. The summed E-state index contributed by atoms with van der Waals surface area (Å²) < 4.78 is 13.4. The molecule has 39 heavy (non-hydrogen) atoms. The highest BCUT2D eigenvalue weighted by atomic mass is 32.2. The summed E-state index contributed by atoms with van der Waals surface area (Å²) in [5, 5.41) is 12.4. The third-order valence-corrected chi connectivity index (χ3v) is 7.84. The van der Waals surface area contributed by atoms with Crippen molar-refractivity contribution in [3.63, 3.8) is 0 Å². The van der Waals surface area contributed by atoms with Crippen molar-refractivity contribution in [1.82, 2.24) is 0 Å². The third-order valence-electron chi connectivity index (χ3n) is 6.74. The lowest BCUT2D eigenvalue weighted by Crippen LogP contribution is -2.38. The Balaban J connectivity index is 1.48. The molecule has 4 unspecified atom stereocenters. The van der Waals surface area contributed by atoms with E-state index in [0.717, 1.165) is 32.8 Å². The number of nitrogen functional groups attached to an aromatic ring is 1. The second-order valence-corrected chi connectivity index (χ2v) is 10.7. The van der Waals surface area contributed by atoms with Gasteiger partial charge in [-0.1, -0.05) is 66.7 Å². The Kier molecular flexibility index (Phi) is 8.64. The number of rotatable bonds is 8. The lowest BCUT2D eigenvalue weighted by molar-refractivity contribution is -0.255. The van der Waals surface area contributed by atoms with Crippen LogP contribution < -0.4 is 11.1 Å². The van der Waals surface area contributed by atoms with Gasteiger partial charge in [-0.3, -0.25) is 4.79 Å². The van der Waals surface area contributed by atoms with Crippen LogP contribution in [0, 0.1) is 0 Å². The van der Waals surface area contributed by atoms with Crippen LogP contribution in [-0.4, -0.2) is 22.9 Å². The van der Waals surface area contributed by atoms with E-state index >= 15 is 0 Å². The molecule has 0 saturated carbocycles. The fourth-order valence-corrected chi connectivity index (χ4v) is 5.84. The van der Waals surface area contributed by atoms with Gasteiger partial charge in [0.2, 0.25) is 5.91 Å². The van der Waals surface area contributed by atoms with Crippen molar-refractivity contribution in [2.45, 2.75) is 42.8 Å². The molecule has 1 amide bonds. The maximum absolute atomic E-state index is 11.4. The van der Waals surface area contributed by atoms with Gasteiger partial charge in [0.15, 0.2) is 6.29 Å². The number of carbonyl (C=O) groups excluding carboxylic acids is 1. The summed E-state index contributed by atoms with van der Waals surface area (Å²) in [5.41, 5.74) is 11.4. The lowest BCUT2D eigenvalue weighted by atomic mass is 9.84. The second-order valence-electron chi connectivity index (χ2n) is 9.59. The van der Waals surface area contributed by atoms with E-state index in [9.17, 15) is 9.90 Å². The van der Waals surface area contributed by atoms with E-state index in [4.69, 9.17) is 15.2 Å². The van der Waals surface area contributed by atoms with E-state index in [2.05, 4.69) is 17.4 Å². The Bertz CT molecular complexity index is 1380. The van der Waals surface area contributed by atoms with Gasteiger partial charge in [-0.2, -0.15) is 0 Å². The molecule has 0 aromatic heterocycles. The topological polar surface area (TPSA) is 93.8 Å². The largest absolute Gasteiger partial charge is 0.399 e. The summed E-state index contributed by atoms with van der Waals surface area (Å²) >= 11 is 1.71. The highest BCUT2D eigenvalue weighted by Gasteiger charge is 2.41. The van der Waals surface area contributed by atoms with Crippen molar-refractivity contribution in [1.29, 1.82) is 0 Å². The summed E-state index contributed by atoms with van der Waals surface area (Å²) in [6, 6.07) is 33.7. The third kappa shape index (κ3) is 6.69. The molecule has 0 spiro atoms. The maximum atomic E-state index is 11.4. The number of aliphatic hydroxyl groups excluding tert-OH is 1. The monoisotopic (exact) mass is 540 g/mol. The molecule has 1 aliphatic heterocycles. The molecule has 1 aliphatic rings. The molecule has 200 valence electrons. The average molecular weight is 541 g/mol. The van der Waals surface area contributed by atoms with Crippen molar-refractivity contribution in [3.05, 3.63) is 125 Å². The summed E-state index contributed by atoms with van der Waals surface area (Å²) in [5.74, 6) is 0.518. The number of thioether (sulfide) groups is 1. The number of nitrogens with two attached hydrogens (primary N) is 1. The fourth-order valence-electron chi connectivity index (χ4n) is 4.87. The van der Waals surface area contributed by atoms with Crippen LogP contribution in [0.1, 0.15) is 47.5 Å². The molecule has 0 bridgehead atoms. The van der Waals surface area contributed by atoms with Gasteiger partial charge in [-0.25, -0.2) is 0 Å². The molecule has 1 heterocycles. The number of anilines is 2. The summed E-state index contributed by atoms with van der Waals surface area (Å²) in [7, 11) is 0. The lowest BCUT2D eigenvalue weighted by Gasteiger charge is -2.43. The summed E-state index contributed by atoms with van der Waals surface area (Å²) in [4.78, 5) is 12.5. The van der Waals surface area contributed by atoms with Gasteiger partial charge in [-0.05, 0) is 53.1 Å². The van der Waals surface area contributed by atoms with Gasteiger partial charge in [0.05, 0.1) is 18.8 Å². The van der Waals surface area contributed by atoms with Crippen LogP contribution in [0.5, 0.6) is 0 Å². The molecule has 5 rings (SSSR count). The van der Waals surface area contributed by atoms with Gasteiger partial charge >= 0.3 is 0 Å². The minimum absolute atomic E-state index is 0.0110. The Labute approximate surface area is 233 Å². The van der Waals surface area contributed by atoms with Gasteiger partial charge in [-0.15, -0.1) is 11.8 Å². The van der Waals surface area contributed by atoms with Gasteiger partial charge in [0, 0.05) is 40.4 Å². The molecular formula is C32H32N2O4S. The quantitative estimate of drug-likeness (QED) is 0.176. The van der Waals surface area contributed by atoms with Crippen LogP contribution in [0.25, 0.3) is 0 Å². The zero-order valence-corrected chi connectivity index (χ0v) is 22.5. The number of benzene rings is 4. The van der Waals surface area contributed by atoms with Crippen molar-refractivity contribution in [3.8, 4) is 0 Å². The van der Waals surface area contributed by atoms with E-state index in [1.54, 1.807) is 11.8 Å². The molecule has 4 N–H and O–H groups in total. The standard InChI is InChI=1S/C32H32N2O4S/c1-21(36)34-27-14-16-28(17-15-27)39-20-29-30(23-6-3-2-4-7-23)31(24-12-10-22(19-35)11-13-24)38-32(37-29)25-8-5-9-26(33)18-25/h2-18,29-32,35H,19-20,33H2,1H3,(H,34,36). The number of aliphatic hydroxyl groups is 1. The first-order chi connectivity index (χ1) is 19.0. The normalized spacial score (nSPS) is 20.9. The first-order valence-corrected chi connectivity index (χ1v) is 13.9. The minimum Gasteiger partial charge on any atom is -0.399 e. The molecule has 7 heteroatoms. The molecule has 0 aliphatic carbocycles. The first-order valence-electron chi connectivity index (χ1n) is 12.9.